The molecule has 0 amide bonds. The highest BCUT2D eigenvalue weighted by molar-refractivity contribution is 7.47. The minimum atomic E-state index is -4.95. The molecule has 0 aliphatic rings. The number of rotatable bonds is 72. The SMILES string of the molecule is CCCCCCCCCCCCCC(=O)OC[C@H](COP(=O)(O)OC[C@@H](O)COP(=O)(O)OC[C@@H](COC(=O)CCCCCCCCCCC)OC(=O)CCCCCCCCC(C)CC)OC(=O)CCCCCCCCCCCCCCCCCCCCC(C)CC. The van der Waals surface area contributed by atoms with E-state index in [1.807, 2.05) is 0 Å². The number of phosphoric acid groups is 2. The molecule has 0 bridgehead atoms. The normalized spacial score (nSPS) is 14.7. The monoisotopic (exact) mass is 1350 g/mol. The molecule has 0 aromatic rings. The Kier molecular flexibility index (Phi) is 63.7. The van der Waals surface area contributed by atoms with Crippen LogP contribution in [0.25, 0.3) is 0 Å². The maximum absolute atomic E-state index is 13.0. The first-order chi connectivity index (χ1) is 44.4. The lowest BCUT2D eigenvalue weighted by Crippen LogP contribution is -2.30. The van der Waals surface area contributed by atoms with Crippen molar-refractivity contribution in [3.63, 3.8) is 0 Å². The molecule has 0 heterocycles. The molecule has 0 fully saturated rings. The minimum absolute atomic E-state index is 0.103. The molecule has 0 rings (SSSR count). The number of carbonyl (C=O) groups is 4. The smallest absolute Gasteiger partial charge is 0.462 e. The van der Waals surface area contributed by atoms with Gasteiger partial charge in [-0.3, -0.25) is 37.3 Å². The van der Waals surface area contributed by atoms with Gasteiger partial charge in [0.15, 0.2) is 12.2 Å². The predicted octanol–water partition coefficient (Wildman–Crippen LogP) is 21.2. The van der Waals surface area contributed by atoms with E-state index in [4.69, 9.17) is 37.0 Å². The molecule has 0 aliphatic heterocycles. The standard InChI is InChI=1S/C73H142O17P2/c1-7-11-13-15-17-19-28-33-37-44-50-56-71(76)84-61-68(89-72(77)57-51-45-38-34-30-27-25-23-21-20-22-24-26-29-32-35-41-47-53-65(5)9-3)63-87-91(79,80)85-59-67(74)60-86-92(81,82)88-64-69(62-83-70(75)55-49-43-36-31-18-16-14-12-8-2)90-73(78)58-52-46-40-39-42-48-54-66(6)10-4/h65-69,74H,7-64H2,1-6H3,(H,79,80)(H,81,82)/t65?,66?,67-,68-,69-/m1/s1. The fourth-order valence-corrected chi connectivity index (χ4v) is 12.6. The van der Waals surface area contributed by atoms with Crippen molar-refractivity contribution in [2.75, 3.05) is 39.6 Å². The van der Waals surface area contributed by atoms with Crippen LogP contribution in [0.15, 0.2) is 0 Å². The third kappa shape index (κ3) is 64.1. The van der Waals surface area contributed by atoms with Crippen LogP contribution in [0.1, 0.15) is 375 Å². The molecule has 0 aliphatic carbocycles. The first-order valence-corrected chi connectivity index (χ1v) is 41.1. The van der Waals surface area contributed by atoms with Gasteiger partial charge >= 0.3 is 39.5 Å². The second kappa shape index (κ2) is 65.0. The summed E-state index contributed by atoms with van der Waals surface area (Å²) in [6, 6.07) is 0. The van der Waals surface area contributed by atoms with Crippen LogP contribution in [0.2, 0.25) is 0 Å². The summed E-state index contributed by atoms with van der Waals surface area (Å²) in [5.74, 6) is -0.533. The van der Waals surface area contributed by atoms with Crippen LogP contribution in [-0.2, 0) is 65.4 Å². The van der Waals surface area contributed by atoms with Crippen molar-refractivity contribution in [3.05, 3.63) is 0 Å². The Labute approximate surface area is 562 Å². The highest BCUT2D eigenvalue weighted by Gasteiger charge is 2.30. The van der Waals surface area contributed by atoms with E-state index in [-0.39, 0.29) is 25.7 Å². The largest absolute Gasteiger partial charge is 0.472 e. The summed E-state index contributed by atoms with van der Waals surface area (Å²) in [6.07, 6.45) is 51.4. The van der Waals surface area contributed by atoms with Gasteiger partial charge in [-0.05, 0) is 37.5 Å². The molecule has 0 saturated carbocycles. The molecule has 7 atom stereocenters. The van der Waals surface area contributed by atoms with Crippen LogP contribution >= 0.6 is 15.6 Å². The zero-order valence-corrected chi connectivity index (χ0v) is 61.6. The van der Waals surface area contributed by atoms with Gasteiger partial charge in [0, 0.05) is 25.7 Å². The van der Waals surface area contributed by atoms with Crippen LogP contribution in [0.5, 0.6) is 0 Å². The molecule has 0 spiro atoms. The zero-order chi connectivity index (χ0) is 67.9. The van der Waals surface area contributed by atoms with Crippen molar-refractivity contribution in [2.24, 2.45) is 11.8 Å². The summed E-state index contributed by atoms with van der Waals surface area (Å²) in [6.45, 7) is 9.56. The lowest BCUT2D eigenvalue weighted by Gasteiger charge is -2.21. The van der Waals surface area contributed by atoms with Gasteiger partial charge < -0.3 is 33.8 Å². The van der Waals surface area contributed by atoms with Gasteiger partial charge in [0.05, 0.1) is 26.4 Å². The summed E-state index contributed by atoms with van der Waals surface area (Å²) in [4.78, 5) is 72.5. The van der Waals surface area contributed by atoms with Crippen LogP contribution in [0, 0.1) is 11.8 Å². The predicted molar refractivity (Wildman–Crippen MR) is 372 cm³/mol. The quantitative estimate of drug-likeness (QED) is 0.0222. The molecule has 0 radical (unpaired) electrons. The van der Waals surface area contributed by atoms with Crippen LogP contribution in [-0.4, -0.2) is 96.7 Å². The van der Waals surface area contributed by atoms with E-state index in [1.54, 1.807) is 0 Å². The van der Waals surface area contributed by atoms with E-state index in [9.17, 15) is 43.2 Å². The molecular weight excluding hydrogens is 1210 g/mol. The van der Waals surface area contributed by atoms with Gasteiger partial charge in [-0.15, -0.1) is 0 Å². The van der Waals surface area contributed by atoms with Gasteiger partial charge in [0.1, 0.15) is 19.3 Å². The van der Waals surface area contributed by atoms with Crippen molar-refractivity contribution in [3.8, 4) is 0 Å². The Bertz CT molecular complexity index is 1790. The Balaban J connectivity index is 5.14. The Morgan fingerprint density at radius 2 is 0.522 bits per heavy atom. The number of phosphoric ester groups is 2. The second-order valence-corrected chi connectivity index (χ2v) is 29.7. The average molecular weight is 1350 g/mol. The highest BCUT2D eigenvalue weighted by atomic mass is 31.2. The fourth-order valence-electron chi connectivity index (χ4n) is 11.1. The molecule has 92 heavy (non-hydrogen) atoms. The zero-order valence-electron chi connectivity index (χ0n) is 59.9. The second-order valence-electron chi connectivity index (χ2n) is 26.8. The number of hydrogen-bond acceptors (Lipinski definition) is 15. The lowest BCUT2D eigenvalue weighted by molar-refractivity contribution is -0.161. The first-order valence-electron chi connectivity index (χ1n) is 38.1. The van der Waals surface area contributed by atoms with Crippen molar-refractivity contribution in [1.29, 1.82) is 0 Å². The molecule has 19 heteroatoms. The topological polar surface area (TPSA) is 237 Å². The van der Waals surface area contributed by atoms with Crippen LogP contribution in [0.3, 0.4) is 0 Å². The number of aliphatic hydroxyl groups excluding tert-OH is 1. The summed E-state index contributed by atoms with van der Waals surface area (Å²) in [5.41, 5.74) is 0. The molecular formula is C73H142O17P2. The Morgan fingerprint density at radius 1 is 0.304 bits per heavy atom. The number of carbonyl (C=O) groups excluding carboxylic acids is 4. The maximum atomic E-state index is 13.0. The lowest BCUT2D eigenvalue weighted by atomic mass is 9.99. The minimum Gasteiger partial charge on any atom is -0.462 e. The van der Waals surface area contributed by atoms with Crippen molar-refractivity contribution >= 4 is 39.5 Å². The van der Waals surface area contributed by atoms with E-state index in [1.165, 1.54) is 193 Å². The molecule has 17 nitrogen and oxygen atoms in total. The Hall–Kier alpha value is -1.94. The summed E-state index contributed by atoms with van der Waals surface area (Å²) >= 11 is 0. The van der Waals surface area contributed by atoms with Crippen LogP contribution < -0.4 is 0 Å². The molecule has 0 aromatic carbocycles. The summed E-state index contributed by atoms with van der Waals surface area (Å²) in [7, 11) is -9.90. The average Bonchev–Trinajstić information content (AvgIpc) is 2.28. The third-order valence-electron chi connectivity index (χ3n) is 17.7. The number of aliphatic hydroxyl groups is 1. The van der Waals surface area contributed by atoms with Gasteiger partial charge in [0.2, 0.25) is 0 Å². The van der Waals surface area contributed by atoms with E-state index in [0.717, 1.165) is 102 Å². The number of ether oxygens (including phenoxy) is 4. The maximum Gasteiger partial charge on any atom is 0.472 e. The molecule has 3 N–H and O–H groups in total. The van der Waals surface area contributed by atoms with Gasteiger partial charge in [-0.2, -0.15) is 0 Å². The van der Waals surface area contributed by atoms with Crippen molar-refractivity contribution in [2.45, 2.75) is 394 Å². The van der Waals surface area contributed by atoms with E-state index in [2.05, 4.69) is 41.5 Å². The van der Waals surface area contributed by atoms with Crippen molar-refractivity contribution in [1.82, 2.24) is 0 Å². The summed E-state index contributed by atoms with van der Waals surface area (Å²) < 4.78 is 68.3. The van der Waals surface area contributed by atoms with E-state index >= 15 is 0 Å². The summed E-state index contributed by atoms with van der Waals surface area (Å²) in [5, 5.41) is 10.6. The molecule has 546 valence electrons. The molecule has 0 saturated heterocycles. The first kappa shape index (κ1) is 90.1. The van der Waals surface area contributed by atoms with Gasteiger partial charge in [0.25, 0.3) is 0 Å². The highest BCUT2D eigenvalue weighted by Crippen LogP contribution is 2.45. The van der Waals surface area contributed by atoms with Gasteiger partial charge in [-0.25, -0.2) is 9.13 Å². The number of hydrogen-bond donors (Lipinski definition) is 3. The van der Waals surface area contributed by atoms with E-state index in [0.29, 0.717) is 25.7 Å². The third-order valence-corrected chi connectivity index (χ3v) is 19.6. The Morgan fingerprint density at radius 3 is 0.772 bits per heavy atom. The van der Waals surface area contributed by atoms with Gasteiger partial charge in [-0.1, -0.05) is 324 Å². The fraction of sp³-hybridized carbons (Fsp3) is 0.945. The van der Waals surface area contributed by atoms with Crippen molar-refractivity contribution < 1.29 is 80.2 Å². The van der Waals surface area contributed by atoms with E-state index < -0.39 is 97.5 Å². The molecule has 4 unspecified atom stereocenters. The number of unbranched alkanes of at least 4 members (excludes halogenated alkanes) is 40. The number of esters is 4. The van der Waals surface area contributed by atoms with Crippen LogP contribution in [0.4, 0.5) is 0 Å². The molecule has 0 aromatic heterocycles.